The predicted molar refractivity (Wildman–Crippen MR) is 152 cm³/mol. The molecule has 3 aromatic rings. The number of hydrogen-bond acceptors (Lipinski definition) is 12. The van der Waals surface area contributed by atoms with E-state index in [4.69, 9.17) is 20.4 Å². The molecule has 5 rings (SSSR count). The second kappa shape index (κ2) is 28.3. The third-order valence-corrected chi connectivity index (χ3v) is 4.17. The monoisotopic (exact) mass is 808 g/mol. The Hall–Kier alpha value is -4.50. The van der Waals surface area contributed by atoms with Crippen LogP contribution in [0.25, 0.3) is 0 Å². The minimum Gasteiger partial charge on any atom is -0.872 e. The van der Waals surface area contributed by atoms with Gasteiger partial charge in [-0.25, -0.2) is 0 Å². The average molecular weight is 810 g/mol. The van der Waals surface area contributed by atoms with E-state index in [9.17, 15) is 29.4 Å². The molecular weight excluding hydrogens is 780 g/mol. The van der Waals surface area contributed by atoms with Crippen molar-refractivity contribution in [1.82, 2.24) is 0 Å². The molecule has 0 atom stereocenters. The second-order valence-corrected chi connectivity index (χ2v) is 7.45. The maximum Gasteiger partial charge on any atom is 1.00 e. The number of rotatable bonds is 0. The Morgan fingerprint density at radius 3 is 0.622 bits per heavy atom. The van der Waals surface area contributed by atoms with Crippen LogP contribution in [0.1, 0.15) is 7.43 Å². The summed E-state index contributed by atoms with van der Waals surface area (Å²) in [7, 11) is 0. The molecule has 0 aliphatic heterocycles. The standard InChI is InChI=1S/3C6H6O2.2C6H4O2.CH4.2Ag.2H2O/c5*7-5-1-2-6(8)4-3-5;;;;;/h3*1-4,7-8H;2*1-4H;1H4;;;2*1H2/q;;;;;;2*+1;;/p-4. The number of allylic oxidation sites excluding steroid dienone is 8. The zero-order chi connectivity index (χ0) is 29.9. The topological polar surface area (TPSA) is 255 Å². The SMILES string of the molecule is C.O=C1C=CC(=O)C=C1.O=C1C=CC(=O)C=C1.Oc1ccc(O)cc1.Oc1ccc(O)cc1.[Ag+].[Ag+].[O-]c1ccc([O-])cc1.[OH-].[OH-]. The molecule has 250 valence electrons. The van der Waals surface area contributed by atoms with Gasteiger partial charge in [-0.15, -0.1) is 11.5 Å². The van der Waals surface area contributed by atoms with Gasteiger partial charge in [-0.05, 0) is 97.1 Å². The van der Waals surface area contributed by atoms with Crippen molar-refractivity contribution in [3.63, 3.8) is 0 Å². The van der Waals surface area contributed by atoms with E-state index in [2.05, 4.69) is 0 Å². The summed E-state index contributed by atoms with van der Waals surface area (Å²) in [4.78, 5) is 41.1. The van der Waals surface area contributed by atoms with Crippen molar-refractivity contribution in [2.45, 2.75) is 7.43 Å². The number of carbonyl (C=O) groups excluding carboxylic acids is 4. The van der Waals surface area contributed by atoms with Crippen LogP contribution >= 0.6 is 0 Å². The van der Waals surface area contributed by atoms with E-state index in [0.717, 1.165) is 0 Å². The Bertz CT molecular complexity index is 1110. The molecule has 45 heavy (non-hydrogen) atoms. The van der Waals surface area contributed by atoms with Crippen LogP contribution in [-0.2, 0) is 63.9 Å². The minimum absolute atomic E-state index is 0. The quantitative estimate of drug-likeness (QED) is 0.145. The third-order valence-electron chi connectivity index (χ3n) is 4.17. The van der Waals surface area contributed by atoms with Gasteiger partial charge in [0, 0.05) is 0 Å². The van der Waals surface area contributed by atoms with Crippen LogP contribution in [0.3, 0.4) is 0 Å². The second-order valence-electron chi connectivity index (χ2n) is 7.45. The third kappa shape index (κ3) is 26.8. The normalized spacial score (nSPS) is 11.0. The Labute approximate surface area is 290 Å². The molecule has 0 radical (unpaired) electrons. The summed E-state index contributed by atoms with van der Waals surface area (Å²) < 4.78 is 0. The van der Waals surface area contributed by atoms with E-state index < -0.39 is 0 Å². The molecule has 6 N–H and O–H groups in total. The van der Waals surface area contributed by atoms with E-state index >= 15 is 0 Å². The summed E-state index contributed by atoms with van der Waals surface area (Å²) in [6.45, 7) is 0. The van der Waals surface area contributed by atoms with Crippen LogP contribution in [-0.4, -0.2) is 54.5 Å². The van der Waals surface area contributed by atoms with Gasteiger partial charge in [0.2, 0.25) is 0 Å². The molecule has 3 aromatic carbocycles. The van der Waals surface area contributed by atoms with Crippen molar-refractivity contribution < 1.29 is 106 Å². The fourth-order valence-electron chi connectivity index (χ4n) is 2.22. The Morgan fingerprint density at radius 1 is 0.356 bits per heavy atom. The summed E-state index contributed by atoms with van der Waals surface area (Å²) in [6.07, 6.45) is 10.0. The number of benzene rings is 3. The summed E-state index contributed by atoms with van der Waals surface area (Å²) in [6, 6.07) is 16.4. The van der Waals surface area contributed by atoms with Crippen molar-refractivity contribution >= 4 is 23.1 Å². The summed E-state index contributed by atoms with van der Waals surface area (Å²) >= 11 is 0. The number of phenols is 4. The molecular formula is C31H30Ag2O12-2. The molecule has 0 amide bonds. The number of phenolic OH excluding ortho intramolecular Hbond substituents is 4. The Balaban J connectivity index is -0.000000144. The first-order chi connectivity index (χ1) is 18.9. The minimum atomic E-state index is -0.121. The molecule has 12 nitrogen and oxygen atoms in total. The van der Waals surface area contributed by atoms with Crippen LogP contribution in [0, 0.1) is 0 Å². The van der Waals surface area contributed by atoms with Crippen molar-refractivity contribution in [3.05, 3.63) is 121 Å². The maximum absolute atomic E-state index is 10.3. The van der Waals surface area contributed by atoms with Crippen LogP contribution in [0.5, 0.6) is 34.5 Å². The largest absolute Gasteiger partial charge is 1.00 e. The number of aromatic hydroxyl groups is 4. The zero-order valence-electron chi connectivity index (χ0n) is 22.3. The predicted octanol–water partition coefficient (Wildman–Crippen LogP) is 2.81. The molecule has 0 spiro atoms. The first-order valence-electron chi connectivity index (χ1n) is 11.2. The molecule has 0 fully saturated rings. The van der Waals surface area contributed by atoms with Crippen LogP contribution < -0.4 is 10.2 Å². The molecule has 0 saturated heterocycles. The van der Waals surface area contributed by atoms with E-state index in [0.29, 0.717) is 0 Å². The number of carbonyl (C=O) groups is 4. The molecule has 0 aromatic heterocycles. The van der Waals surface area contributed by atoms with E-state index in [1.54, 1.807) is 0 Å². The first kappa shape index (κ1) is 50.1. The number of hydrogen-bond donors (Lipinski definition) is 4. The molecule has 2 aliphatic carbocycles. The van der Waals surface area contributed by atoms with E-state index in [-0.39, 0.29) is 121 Å². The van der Waals surface area contributed by atoms with Crippen molar-refractivity contribution in [1.29, 1.82) is 0 Å². The zero-order valence-corrected chi connectivity index (χ0v) is 25.2. The summed E-state index contributed by atoms with van der Waals surface area (Å²) in [5.41, 5.74) is 0. The fraction of sp³-hybridized carbons (Fsp3) is 0.0323. The summed E-state index contributed by atoms with van der Waals surface area (Å²) in [5.74, 6) is -0.0474. The molecule has 2 aliphatic rings. The van der Waals surface area contributed by atoms with Crippen LogP contribution in [0.4, 0.5) is 0 Å². The molecule has 14 heteroatoms. The fourth-order valence-corrected chi connectivity index (χ4v) is 2.22. The van der Waals surface area contributed by atoms with E-state index in [1.807, 2.05) is 0 Å². The molecule has 0 bridgehead atoms. The average Bonchev–Trinajstić information content (AvgIpc) is 2.94. The van der Waals surface area contributed by atoms with Gasteiger partial charge in [0.05, 0.1) is 0 Å². The van der Waals surface area contributed by atoms with Gasteiger partial charge < -0.3 is 41.6 Å². The van der Waals surface area contributed by atoms with E-state index in [1.165, 1.54) is 121 Å². The molecule has 0 saturated carbocycles. The van der Waals surface area contributed by atoms with Gasteiger partial charge >= 0.3 is 44.8 Å². The van der Waals surface area contributed by atoms with Gasteiger partial charge in [-0.2, -0.15) is 0 Å². The van der Waals surface area contributed by atoms with Gasteiger partial charge in [0.1, 0.15) is 23.0 Å². The van der Waals surface area contributed by atoms with Crippen molar-refractivity contribution in [2.24, 2.45) is 0 Å². The van der Waals surface area contributed by atoms with Crippen molar-refractivity contribution in [2.75, 3.05) is 0 Å². The van der Waals surface area contributed by atoms with Gasteiger partial charge in [0.25, 0.3) is 0 Å². The van der Waals surface area contributed by atoms with Gasteiger partial charge in [-0.1, -0.05) is 31.7 Å². The van der Waals surface area contributed by atoms with Crippen LogP contribution in [0.2, 0.25) is 0 Å². The Kier molecular flexibility index (Phi) is 31.5. The summed E-state index contributed by atoms with van der Waals surface area (Å²) in [5, 5.41) is 55.1. The molecule has 0 unspecified atom stereocenters. The maximum atomic E-state index is 10.3. The number of ketones is 4. The molecule has 0 heterocycles. The van der Waals surface area contributed by atoms with Gasteiger partial charge in [0.15, 0.2) is 23.1 Å². The first-order valence-corrected chi connectivity index (χ1v) is 11.2. The smallest absolute Gasteiger partial charge is 0.872 e. The van der Waals surface area contributed by atoms with Crippen LogP contribution in [0.15, 0.2) is 121 Å². The Morgan fingerprint density at radius 2 is 0.489 bits per heavy atom. The van der Waals surface area contributed by atoms with Crippen molar-refractivity contribution in [3.8, 4) is 34.5 Å². The van der Waals surface area contributed by atoms with Gasteiger partial charge in [-0.3, -0.25) is 19.2 Å².